The van der Waals surface area contributed by atoms with Crippen LogP contribution < -0.4 is 28.4 Å². The molecule has 0 heterocycles. The van der Waals surface area contributed by atoms with Crippen molar-refractivity contribution in [3.05, 3.63) is 179 Å². The highest BCUT2D eigenvalue weighted by molar-refractivity contribution is 6.10. The Labute approximate surface area is 465 Å². The quantitative estimate of drug-likeness (QED) is 0.0170. The van der Waals surface area contributed by atoms with E-state index in [9.17, 15) is 28.8 Å². The zero-order valence-corrected chi connectivity index (χ0v) is 46.2. The highest BCUT2D eigenvalue weighted by atomic mass is 16.5. The monoisotopic (exact) mass is 1070 g/mol. The van der Waals surface area contributed by atoms with E-state index in [1.807, 2.05) is 6.92 Å². The van der Waals surface area contributed by atoms with Gasteiger partial charge in [-0.05, 0) is 172 Å². The summed E-state index contributed by atoms with van der Waals surface area (Å²) >= 11 is 0. The van der Waals surface area contributed by atoms with Gasteiger partial charge in [0.25, 0.3) is 11.8 Å². The Bertz CT molecular complexity index is 2660. The van der Waals surface area contributed by atoms with E-state index in [-0.39, 0.29) is 45.3 Å². The number of carbonyl (C=O) groups excluding carboxylic acids is 6. The first-order valence-electron chi connectivity index (χ1n) is 28.1. The number of ether oxygens (including phenoxy) is 6. The molecule has 6 rings (SSSR count). The Morgan fingerprint density at radius 1 is 0.316 bits per heavy atom. The lowest BCUT2D eigenvalue weighted by molar-refractivity contribution is 0.0546. The number of amides is 2. The van der Waals surface area contributed by atoms with Crippen LogP contribution in [0.25, 0.3) is 0 Å². The van der Waals surface area contributed by atoms with Gasteiger partial charge in [-0.25, -0.2) is 19.2 Å². The van der Waals surface area contributed by atoms with Crippen LogP contribution in [0, 0.1) is 0 Å². The van der Waals surface area contributed by atoms with Crippen LogP contribution in [0.2, 0.25) is 0 Å². The van der Waals surface area contributed by atoms with Crippen molar-refractivity contribution >= 4 is 35.7 Å². The average molecular weight is 1070 g/mol. The second-order valence-corrected chi connectivity index (χ2v) is 19.6. The van der Waals surface area contributed by atoms with Gasteiger partial charge in [0.2, 0.25) is 0 Å². The molecule has 0 aliphatic carbocycles. The van der Waals surface area contributed by atoms with Crippen LogP contribution in [0.4, 0.5) is 0 Å². The summed E-state index contributed by atoms with van der Waals surface area (Å²) in [5, 5.41) is 0. The fourth-order valence-electron chi connectivity index (χ4n) is 8.60. The van der Waals surface area contributed by atoms with Crippen LogP contribution in [0.3, 0.4) is 0 Å². The zero-order valence-electron chi connectivity index (χ0n) is 46.2. The second kappa shape index (κ2) is 32.6. The SMILES string of the molecule is CCCCCCCCOc1ccc(C(=O)Oc2ccc(C(=O)Oc3ccc(C(=O)N(C(=O)c4ccc(OC(=O)c5ccc(OC(=O)c6ccc(OCCCCCCCC)cc6)cc5)cc4)[C@H](C)CCCCCC)cc3)cc2)cc1. The van der Waals surface area contributed by atoms with Crippen molar-refractivity contribution in [3.8, 4) is 34.5 Å². The first-order valence-corrected chi connectivity index (χ1v) is 28.1. The average Bonchev–Trinajstić information content (AvgIpc) is 3.48. The Balaban J connectivity index is 0.990. The van der Waals surface area contributed by atoms with Crippen molar-refractivity contribution in [1.29, 1.82) is 0 Å². The summed E-state index contributed by atoms with van der Waals surface area (Å²) in [5.74, 6) is -1.30. The number of carbonyl (C=O) groups is 6. The maximum atomic E-state index is 14.2. The highest BCUT2D eigenvalue weighted by Crippen LogP contribution is 2.25. The van der Waals surface area contributed by atoms with Crippen molar-refractivity contribution < 1.29 is 57.2 Å². The molecule has 13 heteroatoms. The molecule has 0 spiro atoms. The number of unbranched alkanes of at least 4 members (excludes halogenated alkanes) is 13. The number of nitrogens with zero attached hydrogens (tertiary/aromatic N) is 1. The number of esters is 4. The predicted octanol–water partition coefficient (Wildman–Crippen LogP) is 15.7. The van der Waals surface area contributed by atoms with E-state index in [0.29, 0.717) is 42.3 Å². The maximum absolute atomic E-state index is 14.2. The molecule has 0 aliphatic rings. The summed E-state index contributed by atoms with van der Waals surface area (Å²) in [4.78, 5) is 81.7. The normalized spacial score (nSPS) is 11.2. The largest absolute Gasteiger partial charge is 0.494 e. The highest BCUT2D eigenvalue weighted by Gasteiger charge is 2.29. The minimum atomic E-state index is -0.668. The van der Waals surface area contributed by atoms with Crippen LogP contribution in [0.1, 0.15) is 199 Å². The molecule has 0 N–H and O–H groups in total. The number of hydrogen-bond donors (Lipinski definition) is 0. The fourth-order valence-corrected chi connectivity index (χ4v) is 8.60. The maximum Gasteiger partial charge on any atom is 0.343 e. The fraction of sp³-hybridized carbons (Fsp3) is 0.364. The molecule has 1 atom stereocenters. The minimum Gasteiger partial charge on any atom is -0.494 e. The molecular formula is C66H75NO12. The summed E-state index contributed by atoms with van der Waals surface area (Å²) in [6, 6.07) is 37.0. The molecule has 2 amide bonds. The molecule has 0 aromatic heterocycles. The smallest absolute Gasteiger partial charge is 0.343 e. The molecule has 0 saturated heterocycles. The lowest BCUT2D eigenvalue weighted by Gasteiger charge is -2.28. The number of hydrogen-bond acceptors (Lipinski definition) is 12. The van der Waals surface area contributed by atoms with E-state index < -0.39 is 41.7 Å². The first kappa shape index (κ1) is 60.2. The second-order valence-electron chi connectivity index (χ2n) is 19.6. The Morgan fingerprint density at radius 2 is 0.557 bits per heavy atom. The molecule has 6 aromatic carbocycles. The molecule has 0 radical (unpaired) electrons. The summed E-state index contributed by atoms with van der Waals surface area (Å²) in [6.45, 7) is 9.58. The van der Waals surface area contributed by atoms with Crippen molar-refractivity contribution in [2.75, 3.05) is 13.2 Å². The number of imide groups is 1. The van der Waals surface area contributed by atoms with Crippen molar-refractivity contribution in [3.63, 3.8) is 0 Å². The van der Waals surface area contributed by atoms with Gasteiger partial charge in [0.1, 0.15) is 34.5 Å². The van der Waals surface area contributed by atoms with Crippen molar-refractivity contribution in [2.45, 2.75) is 143 Å². The van der Waals surface area contributed by atoms with Crippen LogP contribution in [-0.2, 0) is 0 Å². The lowest BCUT2D eigenvalue weighted by Crippen LogP contribution is -2.43. The van der Waals surface area contributed by atoms with Crippen LogP contribution >= 0.6 is 0 Å². The number of rotatable bonds is 32. The molecule has 6 aromatic rings. The van der Waals surface area contributed by atoms with E-state index in [1.165, 1.54) is 153 Å². The van der Waals surface area contributed by atoms with Gasteiger partial charge < -0.3 is 28.4 Å². The zero-order chi connectivity index (χ0) is 56.2. The van der Waals surface area contributed by atoms with Crippen molar-refractivity contribution in [2.24, 2.45) is 0 Å². The van der Waals surface area contributed by atoms with E-state index >= 15 is 0 Å². The van der Waals surface area contributed by atoms with Crippen LogP contribution in [0.15, 0.2) is 146 Å². The summed E-state index contributed by atoms with van der Waals surface area (Å²) in [5.41, 5.74) is 1.54. The van der Waals surface area contributed by atoms with Crippen LogP contribution in [0.5, 0.6) is 34.5 Å². The molecule has 13 nitrogen and oxygen atoms in total. The summed E-state index contributed by atoms with van der Waals surface area (Å²) < 4.78 is 33.9. The molecule has 416 valence electrons. The van der Waals surface area contributed by atoms with Gasteiger partial charge >= 0.3 is 23.9 Å². The molecule has 0 bridgehead atoms. The van der Waals surface area contributed by atoms with Gasteiger partial charge in [0.15, 0.2) is 0 Å². The van der Waals surface area contributed by atoms with Gasteiger partial charge in [-0.3, -0.25) is 14.5 Å². The Hall–Kier alpha value is -8.06. The minimum absolute atomic E-state index is 0.174. The summed E-state index contributed by atoms with van der Waals surface area (Å²) in [6.07, 6.45) is 18.5. The van der Waals surface area contributed by atoms with Gasteiger partial charge in [-0.1, -0.05) is 111 Å². The summed E-state index contributed by atoms with van der Waals surface area (Å²) in [7, 11) is 0. The van der Waals surface area contributed by atoms with E-state index in [2.05, 4.69) is 20.8 Å². The van der Waals surface area contributed by atoms with E-state index in [1.54, 1.807) is 48.5 Å². The topological polar surface area (TPSA) is 161 Å². The number of benzene rings is 6. The molecular weight excluding hydrogens is 999 g/mol. The van der Waals surface area contributed by atoms with Gasteiger partial charge in [-0.2, -0.15) is 0 Å². The third-order valence-corrected chi connectivity index (χ3v) is 13.3. The van der Waals surface area contributed by atoms with E-state index in [4.69, 9.17) is 28.4 Å². The lowest BCUT2D eigenvalue weighted by atomic mass is 10.0. The molecule has 0 fully saturated rings. The third-order valence-electron chi connectivity index (χ3n) is 13.3. The first-order chi connectivity index (χ1) is 38.5. The van der Waals surface area contributed by atoms with Crippen LogP contribution in [-0.4, -0.2) is 59.8 Å². The predicted molar refractivity (Wildman–Crippen MR) is 305 cm³/mol. The molecule has 0 saturated carbocycles. The standard InChI is InChI=1S/C66H75NO12/c1-5-8-11-14-16-19-46-74-55-34-26-51(27-35-55)63(70)78-59-42-30-53(31-43-59)65(72)76-57-38-22-49(23-39-57)61(68)67(48(4)21-18-13-10-7-3)62(69)50-24-40-58(41-25-50)77-66(73)54-32-44-60(45-33-54)79-64(71)52-28-36-56(37-29-52)75-47-20-17-15-12-9-6-2/h22-45,48H,5-21,46-47H2,1-4H3/t48-/m1/s1. The molecule has 79 heavy (non-hydrogen) atoms. The Morgan fingerprint density at radius 3 is 0.848 bits per heavy atom. The van der Waals surface area contributed by atoms with Gasteiger partial charge in [-0.15, -0.1) is 0 Å². The van der Waals surface area contributed by atoms with Crippen molar-refractivity contribution in [1.82, 2.24) is 4.90 Å². The van der Waals surface area contributed by atoms with Gasteiger partial charge in [0, 0.05) is 17.2 Å². The third kappa shape index (κ3) is 19.7. The Kier molecular flexibility index (Phi) is 24.8. The van der Waals surface area contributed by atoms with Gasteiger partial charge in [0.05, 0.1) is 35.5 Å². The van der Waals surface area contributed by atoms with E-state index in [0.717, 1.165) is 51.4 Å². The molecule has 0 unspecified atom stereocenters. The molecule has 0 aliphatic heterocycles.